The maximum Gasteiger partial charge on any atom is 0.417 e. The minimum atomic E-state index is -4.46. The molecule has 1 aromatic carbocycles. The standard InChI is InChI=1S/C9H3BrClF3N2O/c10-6-2-1-4(3-5(6)9(12,13)14)7-15-16-8(11)17-7/h1-3H. The van der Waals surface area contributed by atoms with Crippen molar-refractivity contribution < 1.29 is 17.6 Å². The topological polar surface area (TPSA) is 38.9 Å². The van der Waals surface area contributed by atoms with Crippen LogP contribution in [0, 0.1) is 0 Å². The van der Waals surface area contributed by atoms with Gasteiger partial charge in [-0.25, -0.2) is 0 Å². The molecule has 0 N–H and O–H groups in total. The van der Waals surface area contributed by atoms with E-state index in [1.54, 1.807) is 0 Å². The summed E-state index contributed by atoms with van der Waals surface area (Å²) >= 11 is 8.23. The van der Waals surface area contributed by atoms with E-state index in [0.717, 1.165) is 6.07 Å². The molecule has 0 spiro atoms. The lowest BCUT2D eigenvalue weighted by molar-refractivity contribution is -0.138. The smallest absolute Gasteiger partial charge is 0.407 e. The van der Waals surface area contributed by atoms with Crippen molar-refractivity contribution in [1.82, 2.24) is 10.2 Å². The summed E-state index contributed by atoms with van der Waals surface area (Å²) < 4.78 is 42.7. The molecule has 0 unspecified atom stereocenters. The summed E-state index contributed by atoms with van der Waals surface area (Å²) in [4.78, 5) is 0. The predicted octanol–water partition coefficient (Wildman–Crippen LogP) is 4.17. The van der Waals surface area contributed by atoms with Crippen molar-refractivity contribution in [2.75, 3.05) is 0 Å². The monoisotopic (exact) mass is 326 g/mol. The third-order valence-electron chi connectivity index (χ3n) is 1.92. The van der Waals surface area contributed by atoms with Gasteiger partial charge in [0, 0.05) is 10.0 Å². The number of rotatable bonds is 1. The molecule has 0 fully saturated rings. The molecule has 0 aliphatic carbocycles. The highest BCUT2D eigenvalue weighted by molar-refractivity contribution is 9.10. The average Bonchev–Trinajstić information content (AvgIpc) is 2.64. The number of benzene rings is 1. The molecule has 2 rings (SSSR count). The second-order valence-electron chi connectivity index (χ2n) is 3.05. The number of aromatic nitrogens is 2. The minimum Gasteiger partial charge on any atom is -0.407 e. The molecule has 90 valence electrons. The maximum absolute atomic E-state index is 12.6. The first kappa shape index (κ1) is 12.4. The van der Waals surface area contributed by atoms with Crippen molar-refractivity contribution >= 4 is 27.5 Å². The van der Waals surface area contributed by atoms with E-state index in [1.165, 1.54) is 12.1 Å². The van der Waals surface area contributed by atoms with Crippen LogP contribution in [0.3, 0.4) is 0 Å². The van der Waals surface area contributed by atoms with Crippen molar-refractivity contribution in [1.29, 1.82) is 0 Å². The van der Waals surface area contributed by atoms with Gasteiger partial charge in [0.2, 0.25) is 5.89 Å². The van der Waals surface area contributed by atoms with Gasteiger partial charge in [0.05, 0.1) is 5.56 Å². The van der Waals surface area contributed by atoms with E-state index in [0.29, 0.717) is 0 Å². The average molecular weight is 327 g/mol. The highest BCUT2D eigenvalue weighted by atomic mass is 79.9. The van der Waals surface area contributed by atoms with Crippen molar-refractivity contribution in [2.45, 2.75) is 6.18 Å². The van der Waals surface area contributed by atoms with Crippen molar-refractivity contribution in [2.24, 2.45) is 0 Å². The van der Waals surface area contributed by atoms with Crippen LogP contribution in [0.15, 0.2) is 27.1 Å². The molecule has 0 aliphatic heterocycles. The molecule has 0 radical (unpaired) electrons. The number of nitrogens with zero attached hydrogens (tertiary/aromatic N) is 2. The van der Waals surface area contributed by atoms with Gasteiger partial charge >= 0.3 is 11.5 Å². The Balaban J connectivity index is 2.51. The lowest BCUT2D eigenvalue weighted by atomic mass is 10.1. The molecular weight excluding hydrogens is 324 g/mol. The molecule has 1 heterocycles. The largest absolute Gasteiger partial charge is 0.417 e. The molecule has 0 bridgehead atoms. The second-order valence-corrected chi connectivity index (χ2v) is 4.23. The van der Waals surface area contributed by atoms with Gasteiger partial charge in [0.25, 0.3) is 0 Å². The molecule has 0 amide bonds. The molecular formula is C9H3BrClF3N2O. The van der Waals surface area contributed by atoms with Crippen LogP contribution in [0.2, 0.25) is 5.35 Å². The van der Waals surface area contributed by atoms with Gasteiger partial charge in [-0.05, 0) is 29.8 Å². The zero-order valence-electron chi connectivity index (χ0n) is 7.92. The maximum atomic E-state index is 12.6. The van der Waals surface area contributed by atoms with E-state index in [9.17, 15) is 13.2 Å². The van der Waals surface area contributed by atoms with Gasteiger partial charge in [-0.2, -0.15) is 13.2 Å². The Bertz CT molecular complexity index is 555. The van der Waals surface area contributed by atoms with Gasteiger partial charge in [-0.1, -0.05) is 21.0 Å². The lowest BCUT2D eigenvalue weighted by Gasteiger charge is -2.09. The second kappa shape index (κ2) is 4.30. The normalized spacial score (nSPS) is 11.8. The van der Waals surface area contributed by atoms with Crippen LogP contribution in [0.5, 0.6) is 0 Å². The molecule has 3 nitrogen and oxygen atoms in total. The molecule has 1 aromatic heterocycles. The van der Waals surface area contributed by atoms with Crippen molar-refractivity contribution in [3.05, 3.63) is 33.6 Å². The Kier molecular flexibility index (Phi) is 3.13. The van der Waals surface area contributed by atoms with Gasteiger partial charge in [0.15, 0.2) is 0 Å². The number of halogens is 5. The molecule has 17 heavy (non-hydrogen) atoms. The molecule has 2 aromatic rings. The van der Waals surface area contributed by atoms with E-state index >= 15 is 0 Å². The summed E-state index contributed by atoms with van der Waals surface area (Å²) in [7, 11) is 0. The summed E-state index contributed by atoms with van der Waals surface area (Å²) in [6.45, 7) is 0. The van der Waals surface area contributed by atoms with Crippen LogP contribution in [-0.2, 0) is 6.18 Å². The van der Waals surface area contributed by atoms with Crippen LogP contribution >= 0.6 is 27.5 Å². The van der Waals surface area contributed by atoms with E-state index in [1.807, 2.05) is 0 Å². The van der Waals surface area contributed by atoms with Crippen LogP contribution in [0.25, 0.3) is 11.5 Å². The van der Waals surface area contributed by atoms with Crippen molar-refractivity contribution in [3.8, 4) is 11.5 Å². The van der Waals surface area contributed by atoms with Crippen molar-refractivity contribution in [3.63, 3.8) is 0 Å². The molecule has 0 saturated carbocycles. The zero-order chi connectivity index (χ0) is 12.6. The third-order valence-corrected chi connectivity index (χ3v) is 2.76. The van der Waals surface area contributed by atoms with Gasteiger partial charge in [-0.15, -0.1) is 5.10 Å². The summed E-state index contributed by atoms with van der Waals surface area (Å²) in [5, 5.41) is 6.65. The van der Waals surface area contributed by atoms with Crippen LogP contribution in [0.4, 0.5) is 13.2 Å². The summed E-state index contributed by atoms with van der Waals surface area (Å²) in [5.74, 6) is -0.0620. The Morgan fingerprint density at radius 1 is 1.24 bits per heavy atom. The summed E-state index contributed by atoms with van der Waals surface area (Å²) in [5.41, 5.74) is -0.663. The highest BCUT2D eigenvalue weighted by Gasteiger charge is 2.33. The SMILES string of the molecule is FC(F)(F)c1cc(-c2nnc(Cl)o2)ccc1Br. The van der Waals surface area contributed by atoms with Crippen LogP contribution < -0.4 is 0 Å². The molecule has 8 heteroatoms. The van der Waals surface area contributed by atoms with E-state index < -0.39 is 11.7 Å². The first-order chi connectivity index (χ1) is 7.88. The fourth-order valence-corrected chi connectivity index (χ4v) is 1.78. The molecule has 0 saturated heterocycles. The van der Waals surface area contributed by atoms with E-state index in [-0.39, 0.29) is 21.3 Å². The Hall–Kier alpha value is -1.08. The van der Waals surface area contributed by atoms with Crippen LogP contribution in [-0.4, -0.2) is 10.2 Å². The Morgan fingerprint density at radius 3 is 2.47 bits per heavy atom. The molecule has 0 aliphatic rings. The Morgan fingerprint density at radius 2 is 1.94 bits per heavy atom. The van der Waals surface area contributed by atoms with Gasteiger partial charge in [0.1, 0.15) is 0 Å². The fourth-order valence-electron chi connectivity index (χ4n) is 1.20. The number of hydrogen-bond donors (Lipinski definition) is 0. The lowest BCUT2D eigenvalue weighted by Crippen LogP contribution is -2.06. The quantitative estimate of drug-likeness (QED) is 0.789. The first-order valence-electron chi connectivity index (χ1n) is 4.24. The van der Waals surface area contributed by atoms with Gasteiger partial charge in [-0.3, -0.25) is 0 Å². The minimum absolute atomic E-state index is 0.0561. The summed E-state index contributed by atoms with van der Waals surface area (Å²) in [6, 6.07) is 3.59. The van der Waals surface area contributed by atoms with Gasteiger partial charge < -0.3 is 4.42 Å². The van der Waals surface area contributed by atoms with Crippen LogP contribution in [0.1, 0.15) is 5.56 Å². The number of hydrogen-bond acceptors (Lipinski definition) is 3. The fraction of sp³-hybridized carbons (Fsp3) is 0.111. The Labute approximate surface area is 107 Å². The number of alkyl halides is 3. The third kappa shape index (κ3) is 2.61. The van der Waals surface area contributed by atoms with E-state index in [2.05, 4.69) is 26.1 Å². The first-order valence-corrected chi connectivity index (χ1v) is 5.41. The molecule has 0 atom stereocenters. The van der Waals surface area contributed by atoms with E-state index in [4.69, 9.17) is 16.0 Å². The highest BCUT2D eigenvalue weighted by Crippen LogP contribution is 2.37. The summed E-state index contributed by atoms with van der Waals surface area (Å²) in [6.07, 6.45) is -4.46. The predicted molar refractivity (Wildman–Crippen MR) is 57.4 cm³/mol. The zero-order valence-corrected chi connectivity index (χ0v) is 10.3.